The SMILES string of the molecule is COc1ccccc1NC(=O)CNCCN(C)C. The highest BCUT2D eigenvalue weighted by molar-refractivity contribution is 5.93. The molecule has 100 valence electrons. The lowest BCUT2D eigenvalue weighted by atomic mass is 10.3. The maximum Gasteiger partial charge on any atom is 0.238 e. The number of hydrogen-bond donors (Lipinski definition) is 2. The number of nitrogens with zero attached hydrogens (tertiary/aromatic N) is 1. The molecule has 0 saturated carbocycles. The number of carbonyl (C=O) groups excluding carboxylic acids is 1. The molecule has 5 nitrogen and oxygen atoms in total. The summed E-state index contributed by atoms with van der Waals surface area (Å²) >= 11 is 0. The van der Waals surface area contributed by atoms with Gasteiger partial charge in [0.15, 0.2) is 0 Å². The van der Waals surface area contributed by atoms with Crippen molar-refractivity contribution < 1.29 is 9.53 Å². The van der Waals surface area contributed by atoms with E-state index in [2.05, 4.69) is 15.5 Å². The van der Waals surface area contributed by atoms with E-state index in [1.54, 1.807) is 7.11 Å². The second-order valence-electron chi connectivity index (χ2n) is 4.23. The Balaban J connectivity index is 2.35. The Hall–Kier alpha value is -1.59. The van der Waals surface area contributed by atoms with Crippen molar-refractivity contribution in [2.75, 3.05) is 46.2 Å². The van der Waals surface area contributed by atoms with Crippen LogP contribution in [0.15, 0.2) is 24.3 Å². The van der Waals surface area contributed by atoms with Crippen molar-refractivity contribution in [3.8, 4) is 5.75 Å². The summed E-state index contributed by atoms with van der Waals surface area (Å²) in [6, 6.07) is 7.35. The van der Waals surface area contributed by atoms with Gasteiger partial charge in [-0.3, -0.25) is 4.79 Å². The summed E-state index contributed by atoms with van der Waals surface area (Å²) in [5.41, 5.74) is 0.694. The normalized spacial score (nSPS) is 10.4. The predicted molar refractivity (Wildman–Crippen MR) is 73.0 cm³/mol. The van der Waals surface area contributed by atoms with E-state index in [0.29, 0.717) is 18.0 Å². The monoisotopic (exact) mass is 251 g/mol. The van der Waals surface area contributed by atoms with Gasteiger partial charge in [-0.2, -0.15) is 0 Å². The largest absolute Gasteiger partial charge is 0.495 e. The highest BCUT2D eigenvalue weighted by Gasteiger charge is 2.05. The van der Waals surface area contributed by atoms with Gasteiger partial charge in [0.05, 0.1) is 19.3 Å². The molecule has 0 aromatic heterocycles. The zero-order chi connectivity index (χ0) is 13.4. The van der Waals surface area contributed by atoms with Crippen LogP contribution in [0, 0.1) is 0 Å². The lowest BCUT2D eigenvalue weighted by Gasteiger charge is -2.12. The van der Waals surface area contributed by atoms with Gasteiger partial charge in [-0.1, -0.05) is 12.1 Å². The molecule has 0 radical (unpaired) electrons. The minimum Gasteiger partial charge on any atom is -0.495 e. The lowest BCUT2D eigenvalue weighted by Crippen LogP contribution is -2.33. The molecule has 1 amide bonds. The van der Waals surface area contributed by atoms with Crippen molar-refractivity contribution in [3.05, 3.63) is 24.3 Å². The smallest absolute Gasteiger partial charge is 0.238 e. The van der Waals surface area contributed by atoms with Gasteiger partial charge >= 0.3 is 0 Å². The summed E-state index contributed by atoms with van der Waals surface area (Å²) in [5, 5.41) is 5.89. The second kappa shape index (κ2) is 7.68. The Labute approximate surface area is 108 Å². The molecule has 1 rings (SSSR count). The van der Waals surface area contributed by atoms with Crippen LogP contribution in [0.25, 0.3) is 0 Å². The lowest BCUT2D eigenvalue weighted by molar-refractivity contribution is -0.115. The standard InChI is InChI=1S/C13H21N3O2/c1-16(2)9-8-14-10-13(17)15-11-6-4-5-7-12(11)18-3/h4-7,14H,8-10H2,1-3H3,(H,15,17). The number of nitrogens with one attached hydrogen (secondary N) is 2. The molecule has 0 heterocycles. The molecule has 0 spiro atoms. The average molecular weight is 251 g/mol. The molecule has 0 aliphatic carbocycles. The number of likely N-dealkylation sites (N-methyl/N-ethyl adjacent to an activating group) is 1. The van der Waals surface area contributed by atoms with E-state index in [9.17, 15) is 4.79 Å². The fourth-order valence-electron chi connectivity index (χ4n) is 1.45. The van der Waals surface area contributed by atoms with Gasteiger partial charge in [0, 0.05) is 13.1 Å². The summed E-state index contributed by atoms with van der Waals surface area (Å²) in [5.74, 6) is 0.595. The molecule has 0 saturated heterocycles. The van der Waals surface area contributed by atoms with Crippen molar-refractivity contribution in [1.29, 1.82) is 0 Å². The molecular weight excluding hydrogens is 230 g/mol. The molecular formula is C13H21N3O2. The molecule has 0 aliphatic rings. The molecule has 2 N–H and O–H groups in total. The zero-order valence-corrected chi connectivity index (χ0v) is 11.2. The average Bonchev–Trinajstić information content (AvgIpc) is 2.35. The van der Waals surface area contributed by atoms with Gasteiger partial charge in [0.2, 0.25) is 5.91 Å². The van der Waals surface area contributed by atoms with Crippen molar-refractivity contribution in [3.63, 3.8) is 0 Å². The van der Waals surface area contributed by atoms with Crippen molar-refractivity contribution in [2.45, 2.75) is 0 Å². The first-order valence-corrected chi connectivity index (χ1v) is 5.92. The summed E-state index contributed by atoms with van der Waals surface area (Å²) in [7, 11) is 5.58. The zero-order valence-electron chi connectivity index (χ0n) is 11.2. The second-order valence-corrected chi connectivity index (χ2v) is 4.23. The van der Waals surface area contributed by atoms with Crippen LogP contribution < -0.4 is 15.4 Å². The van der Waals surface area contributed by atoms with Gasteiger partial charge < -0.3 is 20.3 Å². The van der Waals surface area contributed by atoms with Crippen LogP contribution in [0.4, 0.5) is 5.69 Å². The Morgan fingerprint density at radius 3 is 2.72 bits per heavy atom. The van der Waals surface area contributed by atoms with E-state index < -0.39 is 0 Å². The number of hydrogen-bond acceptors (Lipinski definition) is 4. The van der Waals surface area contributed by atoms with Crippen LogP contribution in [-0.4, -0.2) is 51.6 Å². The summed E-state index contributed by atoms with van der Waals surface area (Å²) in [4.78, 5) is 13.7. The van der Waals surface area contributed by atoms with Gasteiger partial charge in [-0.15, -0.1) is 0 Å². The first-order valence-electron chi connectivity index (χ1n) is 5.92. The van der Waals surface area contributed by atoms with Gasteiger partial charge in [-0.05, 0) is 26.2 Å². The van der Waals surface area contributed by atoms with Gasteiger partial charge in [0.25, 0.3) is 0 Å². The van der Waals surface area contributed by atoms with E-state index in [1.807, 2.05) is 38.4 Å². The number of rotatable bonds is 7. The van der Waals surface area contributed by atoms with E-state index in [4.69, 9.17) is 4.74 Å². The number of methoxy groups -OCH3 is 1. The highest BCUT2D eigenvalue weighted by Crippen LogP contribution is 2.22. The Kier molecular flexibility index (Phi) is 6.18. The number of benzene rings is 1. The van der Waals surface area contributed by atoms with Gasteiger partial charge in [0.1, 0.15) is 5.75 Å². The third-order valence-electron chi connectivity index (χ3n) is 2.40. The number of ether oxygens (including phenoxy) is 1. The van der Waals surface area contributed by atoms with Crippen LogP contribution in [0.1, 0.15) is 0 Å². The Bertz CT molecular complexity index is 380. The van der Waals surface area contributed by atoms with Crippen molar-refractivity contribution in [1.82, 2.24) is 10.2 Å². The van der Waals surface area contributed by atoms with E-state index in [0.717, 1.165) is 13.1 Å². The van der Waals surface area contributed by atoms with Crippen molar-refractivity contribution >= 4 is 11.6 Å². The third-order valence-corrected chi connectivity index (χ3v) is 2.40. The van der Waals surface area contributed by atoms with Crippen LogP contribution in [0.2, 0.25) is 0 Å². The molecule has 0 bridgehead atoms. The third kappa shape index (κ3) is 5.16. The molecule has 1 aromatic carbocycles. The Morgan fingerprint density at radius 2 is 2.06 bits per heavy atom. The highest BCUT2D eigenvalue weighted by atomic mass is 16.5. The summed E-state index contributed by atoms with van der Waals surface area (Å²) in [6.07, 6.45) is 0. The van der Waals surface area contributed by atoms with Crippen LogP contribution in [0.3, 0.4) is 0 Å². The number of carbonyl (C=O) groups is 1. The fourth-order valence-corrected chi connectivity index (χ4v) is 1.45. The fraction of sp³-hybridized carbons (Fsp3) is 0.462. The molecule has 0 fully saturated rings. The van der Waals surface area contributed by atoms with E-state index in [1.165, 1.54) is 0 Å². The number of anilines is 1. The first-order chi connectivity index (χ1) is 8.63. The molecule has 0 unspecified atom stereocenters. The molecule has 0 atom stereocenters. The van der Waals surface area contributed by atoms with E-state index in [-0.39, 0.29) is 5.91 Å². The maximum atomic E-state index is 11.7. The molecule has 1 aromatic rings. The maximum absolute atomic E-state index is 11.7. The topological polar surface area (TPSA) is 53.6 Å². The van der Waals surface area contributed by atoms with Crippen molar-refractivity contribution in [2.24, 2.45) is 0 Å². The summed E-state index contributed by atoms with van der Waals surface area (Å²) in [6.45, 7) is 1.99. The van der Waals surface area contributed by atoms with Crippen LogP contribution in [-0.2, 0) is 4.79 Å². The van der Waals surface area contributed by atoms with Gasteiger partial charge in [-0.25, -0.2) is 0 Å². The van der Waals surface area contributed by atoms with Crippen LogP contribution in [0.5, 0.6) is 5.75 Å². The minimum absolute atomic E-state index is 0.0711. The Morgan fingerprint density at radius 1 is 1.33 bits per heavy atom. The summed E-state index contributed by atoms with van der Waals surface area (Å²) < 4.78 is 5.16. The quantitative estimate of drug-likeness (QED) is 0.703. The van der Waals surface area contributed by atoms with E-state index >= 15 is 0 Å². The molecule has 0 aliphatic heterocycles. The first kappa shape index (κ1) is 14.5. The number of para-hydroxylation sites is 2. The molecule has 5 heteroatoms. The molecule has 18 heavy (non-hydrogen) atoms. The minimum atomic E-state index is -0.0711. The predicted octanol–water partition coefficient (Wildman–Crippen LogP) is 0.785. The number of amides is 1. The van der Waals surface area contributed by atoms with Crippen LogP contribution >= 0.6 is 0 Å².